The third-order valence-corrected chi connectivity index (χ3v) is 2.56. The van der Waals surface area contributed by atoms with Crippen LogP contribution in [0.3, 0.4) is 0 Å². The number of nitrogens with zero attached hydrogens (tertiary/aromatic N) is 2. The molecule has 0 radical (unpaired) electrons. The Labute approximate surface area is 106 Å². The van der Waals surface area contributed by atoms with Gasteiger partial charge in [0.1, 0.15) is 0 Å². The lowest BCUT2D eigenvalue weighted by molar-refractivity contribution is -0.122. The van der Waals surface area contributed by atoms with Crippen molar-refractivity contribution in [3.8, 4) is 5.69 Å². The number of nitrogens with two attached hydrogens (primary N) is 1. The van der Waals surface area contributed by atoms with Crippen molar-refractivity contribution in [1.29, 1.82) is 0 Å². The van der Waals surface area contributed by atoms with E-state index in [0.717, 1.165) is 11.3 Å². The monoisotopic (exact) mass is 244 g/mol. The molecule has 0 aliphatic rings. The molecule has 1 amide bonds. The maximum Gasteiger partial charge on any atom is 0.236 e. The molecule has 18 heavy (non-hydrogen) atoms. The SMILES string of the molecule is C[C@H](N)C(=O)NCc1cccc(-n2cccn2)c1. The molecule has 94 valence electrons. The zero-order valence-electron chi connectivity index (χ0n) is 10.2. The van der Waals surface area contributed by atoms with Gasteiger partial charge in [0.25, 0.3) is 0 Å². The number of carbonyl (C=O) groups excluding carboxylic acids is 1. The molecular weight excluding hydrogens is 228 g/mol. The molecule has 0 saturated carbocycles. The van der Waals surface area contributed by atoms with Crippen molar-refractivity contribution in [3.05, 3.63) is 48.3 Å². The molecule has 1 heterocycles. The third kappa shape index (κ3) is 2.95. The Morgan fingerprint density at radius 2 is 2.33 bits per heavy atom. The number of hydrogen-bond acceptors (Lipinski definition) is 3. The minimum atomic E-state index is -0.487. The molecule has 0 bridgehead atoms. The van der Waals surface area contributed by atoms with Gasteiger partial charge < -0.3 is 11.1 Å². The highest BCUT2D eigenvalue weighted by Crippen LogP contribution is 2.09. The Bertz CT molecular complexity index is 520. The molecule has 1 aromatic heterocycles. The van der Waals surface area contributed by atoms with E-state index in [9.17, 15) is 4.79 Å². The average molecular weight is 244 g/mol. The summed E-state index contributed by atoms with van der Waals surface area (Å²) in [4.78, 5) is 11.4. The molecule has 0 saturated heterocycles. The van der Waals surface area contributed by atoms with Crippen molar-refractivity contribution in [1.82, 2.24) is 15.1 Å². The van der Waals surface area contributed by atoms with Crippen molar-refractivity contribution in [2.75, 3.05) is 0 Å². The quantitative estimate of drug-likeness (QED) is 0.837. The molecule has 0 spiro atoms. The van der Waals surface area contributed by atoms with Crippen LogP contribution in [0.4, 0.5) is 0 Å². The molecule has 1 aromatic carbocycles. The number of benzene rings is 1. The lowest BCUT2D eigenvalue weighted by atomic mass is 10.2. The van der Waals surface area contributed by atoms with Crippen LogP contribution in [0.5, 0.6) is 0 Å². The van der Waals surface area contributed by atoms with Gasteiger partial charge in [0, 0.05) is 18.9 Å². The zero-order valence-corrected chi connectivity index (χ0v) is 10.2. The van der Waals surface area contributed by atoms with E-state index in [-0.39, 0.29) is 5.91 Å². The summed E-state index contributed by atoms with van der Waals surface area (Å²) in [6, 6.07) is 9.21. The first-order valence-corrected chi connectivity index (χ1v) is 5.79. The number of amides is 1. The summed E-state index contributed by atoms with van der Waals surface area (Å²) < 4.78 is 1.77. The second-order valence-electron chi connectivity index (χ2n) is 4.13. The van der Waals surface area contributed by atoms with Crippen LogP contribution in [-0.4, -0.2) is 21.7 Å². The molecule has 2 aromatic rings. The minimum absolute atomic E-state index is 0.153. The summed E-state index contributed by atoms with van der Waals surface area (Å²) in [6.45, 7) is 2.13. The molecule has 3 N–H and O–H groups in total. The van der Waals surface area contributed by atoms with E-state index in [0.29, 0.717) is 6.54 Å². The van der Waals surface area contributed by atoms with E-state index in [2.05, 4.69) is 10.4 Å². The van der Waals surface area contributed by atoms with E-state index >= 15 is 0 Å². The summed E-state index contributed by atoms with van der Waals surface area (Å²) in [5, 5.41) is 6.94. The summed E-state index contributed by atoms with van der Waals surface area (Å²) in [7, 11) is 0. The van der Waals surface area contributed by atoms with Crippen LogP contribution in [0.15, 0.2) is 42.7 Å². The van der Waals surface area contributed by atoms with E-state index in [1.807, 2.05) is 36.5 Å². The maximum atomic E-state index is 11.4. The molecule has 0 unspecified atom stereocenters. The Hall–Kier alpha value is -2.14. The van der Waals surface area contributed by atoms with Crippen LogP contribution in [0.1, 0.15) is 12.5 Å². The predicted molar refractivity (Wildman–Crippen MR) is 69.1 cm³/mol. The van der Waals surface area contributed by atoms with Gasteiger partial charge in [-0.2, -0.15) is 5.10 Å². The molecule has 5 nitrogen and oxygen atoms in total. The summed E-state index contributed by atoms with van der Waals surface area (Å²) in [5.74, 6) is -0.153. The highest BCUT2D eigenvalue weighted by atomic mass is 16.2. The van der Waals surface area contributed by atoms with Crippen LogP contribution in [0.2, 0.25) is 0 Å². The van der Waals surface area contributed by atoms with E-state index in [4.69, 9.17) is 5.73 Å². The summed E-state index contributed by atoms with van der Waals surface area (Å²) >= 11 is 0. The van der Waals surface area contributed by atoms with Crippen molar-refractivity contribution in [2.24, 2.45) is 5.73 Å². The molecule has 0 aliphatic carbocycles. The molecule has 5 heteroatoms. The molecule has 2 rings (SSSR count). The smallest absolute Gasteiger partial charge is 0.236 e. The zero-order chi connectivity index (χ0) is 13.0. The Kier molecular flexibility index (Phi) is 3.74. The van der Waals surface area contributed by atoms with Crippen molar-refractivity contribution in [3.63, 3.8) is 0 Å². The second-order valence-corrected chi connectivity index (χ2v) is 4.13. The molecule has 0 aliphatic heterocycles. The maximum absolute atomic E-state index is 11.4. The summed E-state index contributed by atoms with van der Waals surface area (Å²) in [5.41, 5.74) is 7.46. The number of hydrogen-bond donors (Lipinski definition) is 2. The molecular formula is C13H16N4O. The number of aromatic nitrogens is 2. The average Bonchev–Trinajstić information content (AvgIpc) is 2.90. The van der Waals surface area contributed by atoms with Crippen molar-refractivity contribution >= 4 is 5.91 Å². The first-order valence-electron chi connectivity index (χ1n) is 5.79. The van der Waals surface area contributed by atoms with Gasteiger partial charge in [-0.25, -0.2) is 4.68 Å². The first-order chi connectivity index (χ1) is 8.66. The van der Waals surface area contributed by atoms with Crippen LogP contribution in [-0.2, 0) is 11.3 Å². The largest absolute Gasteiger partial charge is 0.351 e. The topological polar surface area (TPSA) is 72.9 Å². The molecule has 1 atom stereocenters. The highest BCUT2D eigenvalue weighted by molar-refractivity contribution is 5.80. The fraction of sp³-hybridized carbons (Fsp3) is 0.231. The number of rotatable bonds is 4. The fourth-order valence-corrected chi connectivity index (χ4v) is 1.58. The van der Waals surface area contributed by atoms with Gasteiger partial charge in [-0.3, -0.25) is 4.79 Å². The van der Waals surface area contributed by atoms with Crippen LogP contribution in [0.25, 0.3) is 5.69 Å². The highest BCUT2D eigenvalue weighted by Gasteiger charge is 2.06. The third-order valence-electron chi connectivity index (χ3n) is 2.56. The van der Waals surface area contributed by atoms with Gasteiger partial charge in [-0.15, -0.1) is 0 Å². The van der Waals surface area contributed by atoms with Gasteiger partial charge in [0.05, 0.1) is 11.7 Å². The Morgan fingerprint density at radius 1 is 1.50 bits per heavy atom. The van der Waals surface area contributed by atoms with Crippen LogP contribution < -0.4 is 11.1 Å². The van der Waals surface area contributed by atoms with Crippen LogP contribution in [0, 0.1) is 0 Å². The van der Waals surface area contributed by atoms with Gasteiger partial charge in [-0.05, 0) is 30.7 Å². The van der Waals surface area contributed by atoms with Crippen molar-refractivity contribution in [2.45, 2.75) is 19.5 Å². The lowest BCUT2D eigenvalue weighted by Crippen LogP contribution is -2.37. The Balaban J connectivity index is 2.06. The van der Waals surface area contributed by atoms with E-state index in [1.165, 1.54) is 0 Å². The van der Waals surface area contributed by atoms with Gasteiger partial charge >= 0.3 is 0 Å². The Morgan fingerprint density at radius 3 is 3.00 bits per heavy atom. The normalized spacial score (nSPS) is 12.1. The van der Waals surface area contributed by atoms with Gasteiger partial charge in [0.2, 0.25) is 5.91 Å². The van der Waals surface area contributed by atoms with Gasteiger partial charge in [0.15, 0.2) is 0 Å². The van der Waals surface area contributed by atoms with Crippen molar-refractivity contribution < 1.29 is 4.79 Å². The lowest BCUT2D eigenvalue weighted by Gasteiger charge is -2.09. The predicted octanol–water partition coefficient (Wildman–Crippen LogP) is 0.836. The van der Waals surface area contributed by atoms with Crippen LogP contribution >= 0.6 is 0 Å². The minimum Gasteiger partial charge on any atom is -0.351 e. The first kappa shape index (κ1) is 12.3. The number of nitrogens with one attached hydrogen (secondary N) is 1. The van der Waals surface area contributed by atoms with Gasteiger partial charge in [-0.1, -0.05) is 12.1 Å². The van der Waals surface area contributed by atoms with E-state index < -0.39 is 6.04 Å². The number of carbonyl (C=O) groups is 1. The fourth-order valence-electron chi connectivity index (χ4n) is 1.58. The standard InChI is InChI=1S/C13H16N4O/c1-10(14)13(18)15-9-11-4-2-5-12(8-11)17-7-3-6-16-17/h2-8,10H,9,14H2,1H3,(H,15,18)/t10-/m0/s1. The van der Waals surface area contributed by atoms with E-state index in [1.54, 1.807) is 17.8 Å². The second kappa shape index (κ2) is 5.46. The molecule has 0 fully saturated rings. The summed E-state index contributed by atoms with van der Waals surface area (Å²) in [6.07, 6.45) is 3.60.